The molecule has 0 radical (unpaired) electrons. The fourth-order valence-corrected chi connectivity index (χ4v) is 2.81. The molecule has 1 aliphatic carbocycles. The average molecular weight is 220 g/mol. The molecule has 16 heavy (non-hydrogen) atoms. The average Bonchev–Trinajstić information content (AvgIpc) is 2.96. The van der Waals surface area contributed by atoms with Gasteiger partial charge in [0.05, 0.1) is 0 Å². The molecule has 0 bridgehead atoms. The summed E-state index contributed by atoms with van der Waals surface area (Å²) >= 11 is 0. The van der Waals surface area contributed by atoms with Crippen molar-refractivity contribution in [3.63, 3.8) is 0 Å². The third-order valence-electron chi connectivity index (χ3n) is 3.98. The lowest BCUT2D eigenvalue weighted by atomic mass is 10.00. The first-order chi connectivity index (χ1) is 7.81. The van der Waals surface area contributed by atoms with Crippen molar-refractivity contribution in [1.29, 1.82) is 0 Å². The van der Waals surface area contributed by atoms with Gasteiger partial charge >= 0.3 is 0 Å². The van der Waals surface area contributed by atoms with Gasteiger partial charge in [-0.15, -0.1) is 0 Å². The van der Waals surface area contributed by atoms with E-state index in [1.54, 1.807) is 0 Å². The predicted molar refractivity (Wildman–Crippen MR) is 68.4 cm³/mol. The summed E-state index contributed by atoms with van der Waals surface area (Å²) in [6, 6.07) is 5.03. The van der Waals surface area contributed by atoms with Crippen molar-refractivity contribution >= 4 is 0 Å². The maximum Gasteiger partial charge on any atom is 0.0361 e. The molecule has 0 amide bonds. The molecule has 1 N–H and O–H groups in total. The van der Waals surface area contributed by atoms with Gasteiger partial charge in [0, 0.05) is 31.0 Å². The van der Waals surface area contributed by atoms with Crippen LogP contribution >= 0.6 is 0 Å². The molecule has 1 atom stereocenters. The van der Waals surface area contributed by atoms with Crippen LogP contribution in [0.15, 0.2) is 18.3 Å². The predicted octanol–water partition coefficient (Wildman–Crippen LogP) is 3.18. The molecular weight excluding hydrogens is 196 g/mol. The Bertz CT molecular complexity index is 310. The number of rotatable bonds is 5. The second-order valence-electron chi connectivity index (χ2n) is 5.00. The number of aromatic nitrogens is 1. The zero-order valence-electron chi connectivity index (χ0n) is 10.6. The Balaban J connectivity index is 1.82. The summed E-state index contributed by atoms with van der Waals surface area (Å²) in [5.41, 5.74) is 1.41. The van der Waals surface area contributed by atoms with Crippen LogP contribution in [0.5, 0.6) is 0 Å². The first-order valence-electron chi connectivity index (χ1n) is 6.68. The molecular formula is C14H24N2. The van der Waals surface area contributed by atoms with Crippen molar-refractivity contribution in [3.05, 3.63) is 24.0 Å². The van der Waals surface area contributed by atoms with Gasteiger partial charge in [-0.25, -0.2) is 0 Å². The van der Waals surface area contributed by atoms with E-state index in [4.69, 9.17) is 0 Å². The molecule has 0 aromatic carbocycles. The molecule has 90 valence electrons. The highest BCUT2D eigenvalue weighted by Crippen LogP contribution is 2.27. The quantitative estimate of drug-likeness (QED) is 0.806. The van der Waals surface area contributed by atoms with Gasteiger partial charge in [0.25, 0.3) is 0 Å². The van der Waals surface area contributed by atoms with Crippen LogP contribution in [0, 0.1) is 5.92 Å². The minimum absolute atomic E-state index is 0.669. The van der Waals surface area contributed by atoms with E-state index in [1.807, 2.05) is 0 Å². The molecule has 0 unspecified atom stereocenters. The minimum Gasteiger partial charge on any atom is -0.351 e. The molecule has 2 heteroatoms. The van der Waals surface area contributed by atoms with Crippen LogP contribution < -0.4 is 5.32 Å². The zero-order chi connectivity index (χ0) is 11.4. The molecule has 0 spiro atoms. The Hall–Kier alpha value is -0.760. The summed E-state index contributed by atoms with van der Waals surface area (Å²) in [6.07, 6.45) is 7.87. The van der Waals surface area contributed by atoms with Crippen LogP contribution in [-0.4, -0.2) is 10.6 Å². The Morgan fingerprint density at radius 3 is 2.88 bits per heavy atom. The summed E-state index contributed by atoms with van der Waals surface area (Å²) in [4.78, 5) is 0. The Morgan fingerprint density at radius 2 is 2.19 bits per heavy atom. The van der Waals surface area contributed by atoms with Crippen molar-refractivity contribution in [2.45, 2.75) is 58.7 Å². The maximum absolute atomic E-state index is 3.68. The topological polar surface area (TPSA) is 17.0 Å². The standard InChI is InChI=1S/C14H24N2/c1-3-16-10-6-9-14(16)11-15-12(2)13-7-4-5-8-13/h6,9-10,12-13,15H,3-5,7-8,11H2,1-2H3/t12-/m1/s1. The van der Waals surface area contributed by atoms with E-state index in [0.29, 0.717) is 6.04 Å². The van der Waals surface area contributed by atoms with Gasteiger partial charge in [-0.3, -0.25) is 0 Å². The first-order valence-corrected chi connectivity index (χ1v) is 6.68. The fourth-order valence-electron chi connectivity index (χ4n) is 2.81. The van der Waals surface area contributed by atoms with E-state index in [-0.39, 0.29) is 0 Å². The third kappa shape index (κ3) is 2.67. The van der Waals surface area contributed by atoms with Gasteiger partial charge in [0.2, 0.25) is 0 Å². The second-order valence-corrected chi connectivity index (χ2v) is 5.00. The van der Waals surface area contributed by atoms with Gasteiger partial charge in [-0.05, 0) is 44.7 Å². The highest BCUT2D eigenvalue weighted by atomic mass is 15.0. The normalized spacial score (nSPS) is 19.1. The number of hydrogen-bond acceptors (Lipinski definition) is 1. The zero-order valence-corrected chi connectivity index (χ0v) is 10.6. The lowest BCUT2D eigenvalue weighted by molar-refractivity contribution is 0.376. The summed E-state index contributed by atoms with van der Waals surface area (Å²) in [6.45, 7) is 6.62. The van der Waals surface area contributed by atoms with Crippen molar-refractivity contribution in [2.24, 2.45) is 5.92 Å². The maximum atomic E-state index is 3.68. The van der Waals surface area contributed by atoms with E-state index in [0.717, 1.165) is 19.0 Å². The molecule has 1 heterocycles. The molecule has 0 aliphatic heterocycles. The summed E-state index contributed by atoms with van der Waals surface area (Å²) < 4.78 is 2.31. The van der Waals surface area contributed by atoms with E-state index in [1.165, 1.54) is 31.4 Å². The monoisotopic (exact) mass is 220 g/mol. The molecule has 1 aromatic heterocycles. The van der Waals surface area contributed by atoms with Crippen molar-refractivity contribution in [1.82, 2.24) is 9.88 Å². The molecule has 2 nitrogen and oxygen atoms in total. The molecule has 1 aliphatic rings. The summed E-state index contributed by atoms with van der Waals surface area (Å²) in [5, 5.41) is 3.68. The molecule has 1 fully saturated rings. The highest BCUT2D eigenvalue weighted by Gasteiger charge is 2.20. The number of hydrogen-bond donors (Lipinski definition) is 1. The van der Waals surface area contributed by atoms with Crippen LogP contribution in [0.3, 0.4) is 0 Å². The highest BCUT2D eigenvalue weighted by molar-refractivity contribution is 5.07. The molecule has 1 aromatic rings. The van der Waals surface area contributed by atoms with Gasteiger partial charge in [-0.2, -0.15) is 0 Å². The molecule has 0 saturated heterocycles. The second kappa shape index (κ2) is 5.53. The number of nitrogens with one attached hydrogen (secondary N) is 1. The Labute approximate surface area is 99.0 Å². The number of nitrogens with zero attached hydrogens (tertiary/aromatic N) is 1. The van der Waals surface area contributed by atoms with Crippen LogP contribution in [0.4, 0.5) is 0 Å². The van der Waals surface area contributed by atoms with Gasteiger partial charge in [0.15, 0.2) is 0 Å². The fraction of sp³-hybridized carbons (Fsp3) is 0.714. The van der Waals surface area contributed by atoms with Crippen LogP contribution in [0.1, 0.15) is 45.2 Å². The van der Waals surface area contributed by atoms with E-state index < -0.39 is 0 Å². The van der Waals surface area contributed by atoms with Crippen LogP contribution in [-0.2, 0) is 13.1 Å². The SMILES string of the molecule is CCn1cccc1CN[C@H](C)C1CCCC1. The van der Waals surface area contributed by atoms with E-state index in [9.17, 15) is 0 Å². The van der Waals surface area contributed by atoms with Crippen LogP contribution in [0.25, 0.3) is 0 Å². The summed E-state index contributed by atoms with van der Waals surface area (Å²) in [5.74, 6) is 0.907. The lowest BCUT2D eigenvalue weighted by Crippen LogP contribution is -2.32. The Morgan fingerprint density at radius 1 is 1.44 bits per heavy atom. The third-order valence-corrected chi connectivity index (χ3v) is 3.98. The van der Waals surface area contributed by atoms with E-state index >= 15 is 0 Å². The van der Waals surface area contributed by atoms with Gasteiger partial charge < -0.3 is 9.88 Å². The van der Waals surface area contributed by atoms with Crippen molar-refractivity contribution in [2.75, 3.05) is 0 Å². The van der Waals surface area contributed by atoms with Gasteiger partial charge in [-0.1, -0.05) is 12.8 Å². The minimum atomic E-state index is 0.669. The van der Waals surface area contributed by atoms with Crippen LogP contribution in [0.2, 0.25) is 0 Å². The molecule has 2 rings (SSSR count). The van der Waals surface area contributed by atoms with Gasteiger partial charge in [0.1, 0.15) is 0 Å². The Kier molecular flexibility index (Phi) is 4.05. The first kappa shape index (κ1) is 11.7. The molecule has 1 saturated carbocycles. The summed E-state index contributed by atoms with van der Waals surface area (Å²) in [7, 11) is 0. The largest absolute Gasteiger partial charge is 0.351 e. The van der Waals surface area contributed by atoms with E-state index in [2.05, 4.69) is 42.1 Å². The number of aryl methyl sites for hydroxylation is 1. The van der Waals surface area contributed by atoms with Crippen molar-refractivity contribution in [3.8, 4) is 0 Å². The smallest absolute Gasteiger partial charge is 0.0361 e. The lowest BCUT2D eigenvalue weighted by Gasteiger charge is -2.20. The van der Waals surface area contributed by atoms with Crippen molar-refractivity contribution < 1.29 is 0 Å².